The third-order valence-electron chi connectivity index (χ3n) is 3.97. The Morgan fingerprint density at radius 3 is 2.32 bits per heavy atom. The molecule has 1 N–H and O–H groups in total. The van der Waals surface area contributed by atoms with Gasteiger partial charge in [0.1, 0.15) is 6.20 Å². The van der Waals surface area contributed by atoms with Gasteiger partial charge in [-0.05, 0) is 19.3 Å². The average molecular weight is 308 g/mol. The van der Waals surface area contributed by atoms with Crippen LogP contribution in [0, 0.1) is 0 Å². The van der Waals surface area contributed by atoms with E-state index in [-0.39, 0.29) is 5.91 Å². The lowest BCUT2D eigenvalue weighted by atomic mass is 10.1. The van der Waals surface area contributed by atoms with Gasteiger partial charge in [0.25, 0.3) is 12.2 Å². The first kappa shape index (κ1) is 18.7. The first-order chi connectivity index (χ1) is 10.8. The van der Waals surface area contributed by atoms with Crippen molar-refractivity contribution in [3.8, 4) is 0 Å². The number of nitrogens with zero attached hydrogens (tertiary/aromatic N) is 2. The standard InChI is InChI=1S/C18H33N3O/c1-3-5-7-8-9-10-11-13-18(22)19-21-16-15-20(17-21)14-12-6-4-2/h15-17H,3-14H2,1-2H3/p+1. The molecule has 22 heavy (non-hydrogen) atoms. The van der Waals surface area contributed by atoms with Crippen molar-refractivity contribution in [3.63, 3.8) is 0 Å². The summed E-state index contributed by atoms with van der Waals surface area (Å²) in [6.45, 7) is 5.47. The molecule has 1 rings (SSSR count). The highest BCUT2D eigenvalue weighted by Gasteiger charge is 2.07. The highest BCUT2D eigenvalue weighted by molar-refractivity contribution is 5.83. The lowest BCUT2D eigenvalue weighted by Gasteiger charge is -2.02. The number of nitrogens with one attached hydrogen (secondary N) is 1. The maximum Gasteiger partial charge on any atom is 0.267 e. The summed E-state index contributed by atoms with van der Waals surface area (Å²) in [6.07, 6.45) is 18.9. The fourth-order valence-electron chi connectivity index (χ4n) is 2.58. The summed E-state index contributed by atoms with van der Waals surface area (Å²) in [5.74, 6) is 0.116. The molecule has 0 aromatic carbocycles. The van der Waals surface area contributed by atoms with Crippen LogP contribution in [0.1, 0.15) is 84.5 Å². The second-order valence-corrected chi connectivity index (χ2v) is 6.17. The largest absolute Gasteiger partial charge is 0.272 e. The molecule has 1 heterocycles. The Bertz CT molecular complexity index is 401. The van der Waals surface area contributed by atoms with Crippen molar-refractivity contribution in [2.45, 2.75) is 91.0 Å². The van der Waals surface area contributed by atoms with Crippen LogP contribution in [-0.4, -0.2) is 10.6 Å². The van der Waals surface area contributed by atoms with Crippen LogP contribution in [0.15, 0.2) is 18.7 Å². The number of carbonyl (C=O) groups is 1. The summed E-state index contributed by atoms with van der Waals surface area (Å²) >= 11 is 0. The molecule has 0 bridgehead atoms. The highest BCUT2D eigenvalue weighted by atomic mass is 16.2. The summed E-state index contributed by atoms with van der Waals surface area (Å²) < 4.78 is 3.90. The van der Waals surface area contributed by atoms with Gasteiger partial charge in [0.05, 0.1) is 6.54 Å². The molecule has 0 saturated heterocycles. The lowest BCUT2D eigenvalue weighted by Crippen LogP contribution is -2.32. The van der Waals surface area contributed by atoms with Crippen molar-refractivity contribution in [1.29, 1.82) is 0 Å². The second-order valence-electron chi connectivity index (χ2n) is 6.17. The minimum Gasteiger partial charge on any atom is -0.272 e. The molecule has 0 radical (unpaired) electrons. The van der Waals surface area contributed by atoms with E-state index in [0.29, 0.717) is 6.42 Å². The Kier molecular flexibility index (Phi) is 10.4. The molecular weight excluding hydrogens is 274 g/mol. The number of rotatable bonds is 13. The van der Waals surface area contributed by atoms with Gasteiger partial charge in [0.15, 0.2) is 6.20 Å². The molecule has 1 aromatic heterocycles. The molecule has 0 unspecified atom stereocenters. The van der Waals surface area contributed by atoms with Crippen molar-refractivity contribution in [3.05, 3.63) is 18.7 Å². The van der Waals surface area contributed by atoms with Crippen LogP contribution in [0.2, 0.25) is 0 Å². The highest BCUT2D eigenvalue weighted by Crippen LogP contribution is 2.08. The molecule has 0 aliphatic heterocycles. The fraction of sp³-hybridized carbons (Fsp3) is 0.778. The predicted molar refractivity (Wildman–Crippen MR) is 91.1 cm³/mol. The van der Waals surface area contributed by atoms with E-state index in [1.807, 2.05) is 18.7 Å². The number of imidazole rings is 1. The Labute approximate surface area is 135 Å². The van der Waals surface area contributed by atoms with E-state index in [9.17, 15) is 4.79 Å². The van der Waals surface area contributed by atoms with Crippen molar-refractivity contribution >= 4 is 5.91 Å². The van der Waals surface area contributed by atoms with Gasteiger partial charge in [0.2, 0.25) is 0 Å². The molecule has 1 aromatic rings. The van der Waals surface area contributed by atoms with E-state index in [0.717, 1.165) is 13.0 Å². The zero-order valence-electron chi connectivity index (χ0n) is 14.5. The minimum absolute atomic E-state index is 0.116. The fourth-order valence-corrected chi connectivity index (χ4v) is 2.58. The normalized spacial score (nSPS) is 10.8. The van der Waals surface area contributed by atoms with Crippen LogP contribution in [0.3, 0.4) is 0 Å². The molecule has 0 atom stereocenters. The van der Waals surface area contributed by atoms with Gasteiger partial charge in [-0.3, -0.25) is 4.79 Å². The summed E-state index contributed by atoms with van der Waals surface area (Å²) in [4.78, 5) is 11.9. The minimum atomic E-state index is 0.116. The predicted octanol–water partition coefficient (Wildman–Crippen LogP) is 4.18. The van der Waals surface area contributed by atoms with Crippen LogP contribution < -0.4 is 9.99 Å². The number of aryl methyl sites for hydroxylation is 1. The van der Waals surface area contributed by atoms with Gasteiger partial charge in [-0.15, -0.1) is 4.68 Å². The van der Waals surface area contributed by atoms with E-state index < -0.39 is 0 Å². The quantitative estimate of drug-likeness (QED) is 0.431. The van der Waals surface area contributed by atoms with Crippen LogP contribution >= 0.6 is 0 Å². The summed E-state index contributed by atoms with van der Waals surface area (Å²) in [5.41, 5.74) is 2.92. The van der Waals surface area contributed by atoms with Crippen LogP contribution in [0.25, 0.3) is 0 Å². The maximum absolute atomic E-state index is 11.9. The Morgan fingerprint density at radius 1 is 0.955 bits per heavy atom. The first-order valence-corrected chi connectivity index (χ1v) is 9.13. The summed E-state index contributed by atoms with van der Waals surface area (Å²) in [6, 6.07) is 0. The van der Waals surface area contributed by atoms with Crippen molar-refractivity contribution in [1.82, 2.24) is 4.68 Å². The molecule has 0 saturated carbocycles. The molecule has 0 aliphatic carbocycles. The van der Waals surface area contributed by atoms with Crippen LogP contribution in [-0.2, 0) is 11.3 Å². The van der Waals surface area contributed by atoms with Gasteiger partial charge in [-0.1, -0.05) is 58.8 Å². The second kappa shape index (κ2) is 12.2. The Hall–Kier alpha value is -1.32. The van der Waals surface area contributed by atoms with E-state index in [2.05, 4.69) is 23.8 Å². The van der Waals surface area contributed by atoms with Gasteiger partial charge < -0.3 is 0 Å². The van der Waals surface area contributed by atoms with E-state index in [1.165, 1.54) is 57.8 Å². The maximum atomic E-state index is 11.9. The van der Waals surface area contributed by atoms with Crippen molar-refractivity contribution < 1.29 is 9.36 Å². The van der Waals surface area contributed by atoms with Gasteiger partial charge in [-0.2, -0.15) is 5.43 Å². The zero-order valence-corrected chi connectivity index (χ0v) is 14.5. The molecule has 0 aliphatic rings. The lowest BCUT2D eigenvalue weighted by molar-refractivity contribution is -0.696. The smallest absolute Gasteiger partial charge is 0.267 e. The molecule has 4 nitrogen and oxygen atoms in total. The summed E-state index contributed by atoms with van der Waals surface area (Å²) in [7, 11) is 0. The molecule has 126 valence electrons. The molecule has 0 spiro atoms. The SMILES string of the molecule is CCCCCCCCCC(=O)Nn1cc[n+](CCCCC)c1. The van der Waals surface area contributed by atoms with Crippen LogP contribution in [0.5, 0.6) is 0 Å². The number of unbranched alkanes of at least 4 members (excludes halogenated alkanes) is 8. The molecule has 1 amide bonds. The monoisotopic (exact) mass is 308 g/mol. The van der Waals surface area contributed by atoms with Crippen LogP contribution in [0.4, 0.5) is 0 Å². The van der Waals surface area contributed by atoms with Crippen molar-refractivity contribution in [2.75, 3.05) is 5.43 Å². The molecular formula is C18H34N3O+. The van der Waals surface area contributed by atoms with Gasteiger partial charge >= 0.3 is 0 Å². The Balaban J connectivity index is 2.09. The third-order valence-corrected chi connectivity index (χ3v) is 3.97. The first-order valence-electron chi connectivity index (χ1n) is 9.13. The average Bonchev–Trinajstić information content (AvgIpc) is 2.94. The number of aromatic nitrogens is 2. The number of amides is 1. The van der Waals surface area contributed by atoms with Crippen molar-refractivity contribution in [2.24, 2.45) is 0 Å². The van der Waals surface area contributed by atoms with E-state index in [4.69, 9.17) is 0 Å². The van der Waals surface area contributed by atoms with E-state index >= 15 is 0 Å². The molecule has 0 fully saturated rings. The van der Waals surface area contributed by atoms with Gasteiger partial charge in [-0.25, -0.2) is 4.57 Å². The number of hydrogen-bond acceptors (Lipinski definition) is 1. The zero-order chi connectivity index (χ0) is 16.0. The summed E-state index contributed by atoms with van der Waals surface area (Å²) in [5, 5.41) is 0. The Morgan fingerprint density at radius 2 is 1.59 bits per heavy atom. The van der Waals surface area contributed by atoms with E-state index in [1.54, 1.807) is 4.68 Å². The van der Waals surface area contributed by atoms with Gasteiger partial charge in [0, 0.05) is 6.42 Å². The molecule has 4 heteroatoms. The number of hydrogen-bond donors (Lipinski definition) is 1. The topological polar surface area (TPSA) is 37.9 Å². The third kappa shape index (κ3) is 8.85. The number of carbonyl (C=O) groups excluding carboxylic acids is 1.